The van der Waals surface area contributed by atoms with Gasteiger partial charge in [-0.2, -0.15) is 0 Å². The highest BCUT2D eigenvalue weighted by Gasteiger charge is 2.24. The third-order valence-corrected chi connectivity index (χ3v) is 5.39. The van der Waals surface area contributed by atoms with Crippen LogP contribution in [-0.4, -0.2) is 23.3 Å². The van der Waals surface area contributed by atoms with Crippen LogP contribution in [-0.2, 0) is 13.0 Å². The lowest BCUT2D eigenvalue weighted by Crippen LogP contribution is -3.11. The standard InChI is InChI=1S/C21H22ClN3O/c22-19-8-6-18(7-9-19)21-24-23-20(26-21)15-25-12-10-17(11-13-25)14-16-4-2-1-3-5-16/h1-9,17H,10-15H2/p+1. The number of nitrogens with zero attached hydrogens (tertiary/aromatic N) is 2. The Morgan fingerprint density at radius 2 is 1.69 bits per heavy atom. The third-order valence-electron chi connectivity index (χ3n) is 5.14. The second kappa shape index (κ2) is 8.02. The minimum atomic E-state index is 0.565. The molecular formula is C21H23ClN3O+. The number of hydrogen-bond donors (Lipinski definition) is 1. The predicted molar refractivity (Wildman–Crippen MR) is 102 cm³/mol. The van der Waals surface area contributed by atoms with E-state index >= 15 is 0 Å². The maximum Gasteiger partial charge on any atom is 0.271 e. The Hall–Kier alpha value is -2.17. The normalized spacial score (nSPS) is 20.2. The number of piperidine rings is 1. The Bertz CT molecular complexity index is 824. The van der Waals surface area contributed by atoms with Gasteiger partial charge in [-0.15, -0.1) is 10.2 Å². The molecule has 2 heterocycles. The highest BCUT2D eigenvalue weighted by atomic mass is 35.5. The molecule has 0 spiro atoms. The molecule has 1 N–H and O–H groups in total. The number of aromatic nitrogens is 2. The van der Waals surface area contributed by atoms with E-state index in [2.05, 4.69) is 40.5 Å². The van der Waals surface area contributed by atoms with E-state index in [1.165, 1.54) is 29.7 Å². The first-order valence-electron chi connectivity index (χ1n) is 9.22. The number of likely N-dealkylation sites (tertiary alicyclic amines) is 1. The van der Waals surface area contributed by atoms with Gasteiger partial charge >= 0.3 is 0 Å². The predicted octanol–water partition coefficient (Wildman–Crippen LogP) is 3.43. The average molecular weight is 369 g/mol. The summed E-state index contributed by atoms with van der Waals surface area (Å²) in [4.78, 5) is 1.53. The summed E-state index contributed by atoms with van der Waals surface area (Å²) in [6, 6.07) is 18.3. The van der Waals surface area contributed by atoms with Crippen molar-refractivity contribution in [1.29, 1.82) is 0 Å². The lowest BCUT2D eigenvalue weighted by molar-refractivity contribution is -0.921. The lowest BCUT2D eigenvalue weighted by Gasteiger charge is -2.28. The van der Waals surface area contributed by atoms with Crippen molar-refractivity contribution < 1.29 is 9.32 Å². The molecule has 2 aromatic carbocycles. The van der Waals surface area contributed by atoms with Crippen molar-refractivity contribution in [2.45, 2.75) is 25.8 Å². The van der Waals surface area contributed by atoms with E-state index in [-0.39, 0.29) is 0 Å². The van der Waals surface area contributed by atoms with E-state index < -0.39 is 0 Å². The fourth-order valence-corrected chi connectivity index (χ4v) is 3.79. The van der Waals surface area contributed by atoms with Crippen molar-refractivity contribution in [1.82, 2.24) is 10.2 Å². The summed E-state index contributed by atoms with van der Waals surface area (Å²) in [6.07, 6.45) is 3.69. The maximum atomic E-state index is 5.93. The number of hydrogen-bond acceptors (Lipinski definition) is 3. The highest BCUT2D eigenvalue weighted by Crippen LogP contribution is 2.20. The molecule has 0 atom stereocenters. The minimum Gasteiger partial charge on any atom is -0.415 e. The van der Waals surface area contributed by atoms with Gasteiger partial charge in [-0.25, -0.2) is 0 Å². The Balaban J connectivity index is 1.30. The average Bonchev–Trinajstić information content (AvgIpc) is 3.13. The largest absolute Gasteiger partial charge is 0.415 e. The zero-order valence-corrected chi connectivity index (χ0v) is 15.5. The van der Waals surface area contributed by atoms with Crippen LogP contribution in [0.4, 0.5) is 0 Å². The smallest absolute Gasteiger partial charge is 0.271 e. The molecule has 0 aliphatic carbocycles. The summed E-state index contributed by atoms with van der Waals surface area (Å²) in [5, 5.41) is 9.11. The SMILES string of the molecule is Clc1ccc(-c2nnc(C[NH+]3CCC(Cc4ccccc4)CC3)o2)cc1. The molecule has 0 unspecified atom stereocenters. The van der Waals surface area contributed by atoms with Gasteiger partial charge in [0.05, 0.1) is 13.1 Å². The van der Waals surface area contributed by atoms with Crippen molar-refractivity contribution in [3.63, 3.8) is 0 Å². The number of nitrogens with one attached hydrogen (secondary N) is 1. The molecular weight excluding hydrogens is 346 g/mol. The molecule has 4 nitrogen and oxygen atoms in total. The second-order valence-electron chi connectivity index (χ2n) is 7.07. The van der Waals surface area contributed by atoms with Gasteiger partial charge in [0, 0.05) is 10.6 Å². The molecule has 0 saturated carbocycles. The molecule has 1 aromatic heterocycles. The van der Waals surface area contributed by atoms with Gasteiger partial charge in [0.15, 0.2) is 6.54 Å². The Labute approximate surface area is 158 Å². The van der Waals surface area contributed by atoms with Crippen molar-refractivity contribution >= 4 is 11.6 Å². The fourth-order valence-electron chi connectivity index (χ4n) is 3.66. The molecule has 3 aromatic rings. The molecule has 4 rings (SSSR count). The molecule has 1 aliphatic rings. The van der Waals surface area contributed by atoms with Gasteiger partial charge in [0.1, 0.15) is 0 Å². The maximum absolute atomic E-state index is 5.93. The zero-order chi connectivity index (χ0) is 17.8. The van der Waals surface area contributed by atoms with Crippen LogP contribution in [0, 0.1) is 5.92 Å². The van der Waals surface area contributed by atoms with Gasteiger partial charge < -0.3 is 9.32 Å². The third kappa shape index (κ3) is 4.32. The van der Waals surface area contributed by atoms with E-state index in [9.17, 15) is 0 Å². The van der Waals surface area contributed by atoms with Crippen LogP contribution in [0.25, 0.3) is 11.5 Å². The van der Waals surface area contributed by atoms with Crippen LogP contribution in [0.3, 0.4) is 0 Å². The first kappa shape index (κ1) is 17.3. The summed E-state index contributed by atoms with van der Waals surface area (Å²) in [6.45, 7) is 3.13. The lowest BCUT2D eigenvalue weighted by atomic mass is 9.90. The Morgan fingerprint density at radius 1 is 0.962 bits per heavy atom. The molecule has 1 saturated heterocycles. The molecule has 1 aliphatic heterocycles. The van der Waals surface area contributed by atoms with Crippen molar-refractivity contribution in [2.75, 3.05) is 13.1 Å². The van der Waals surface area contributed by atoms with E-state index in [0.717, 1.165) is 31.1 Å². The summed E-state index contributed by atoms with van der Waals surface area (Å²) in [7, 11) is 0. The van der Waals surface area contributed by atoms with Crippen LogP contribution >= 0.6 is 11.6 Å². The van der Waals surface area contributed by atoms with Gasteiger partial charge in [-0.05, 0) is 55.0 Å². The highest BCUT2D eigenvalue weighted by molar-refractivity contribution is 6.30. The zero-order valence-electron chi connectivity index (χ0n) is 14.7. The Kier molecular flexibility index (Phi) is 5.32. The van der Waals surface area contributed by atoms with Crippen molar-refractivity contribution in [3.05, 3.63) is 71.1 Å². The second-order valence-corrected chi connectivity index (χ2v) is 7.50. The molecule has 134 valence electrons. The van der Waals surface area contributed by atoms with E-state index in [4.69, 9.17) is 16.0 Å². The summed E-state index contributed by atoms with van der Waals surface area (Å²) in [5.41, 5.74) is 2.36. The molecule has 0 amide bonds. The number of benzene rings is 2. The van der Waals surface area contributed by atoms with Gasteiger partial charge in [0.25, 0.3) is 5.89 Å². The van der Waals surface area contributed by atoms with Gasteiger partial charge in [-0.3, -0.25) is 0 Å². The summed E-state index contributed by atoms with van der Waals surface area (Å²) >= 11 is 5.93. The number of quaternary nitrogens is 1. The monoisotopic (exact) mass is 368 g/mol. The molecule has 5 heteroatoms. The van der Waals surface area contributed by atoms with Crippen LogP contribution in [0.2, 0.25) is 5.02 Å². The van der Waals surface area contributed by atoms with Crippen LogP contribution < -0.4 is 4.90 Å². The first-order valence-corrected chi connectivity index (χ1v) is 9.60. The van der Waals surface area contributed by atoms with Crippen LogP contribution in [0.5, 0.6) is 0 Å². The molecule has 0 radical (unpaired) electrons. The van der Waals surface area contributed by atoms with Crippen LogP contribution in [0.1, 0.15) is 24.3 Å². The first-order chi connectivity index (χ1) is 12.8. The molecule has 26 heavy (non-hydrogen) atoms. The Morgan fingerprint density at radius 3 is 2.42 bits per heavy atom. The van der Waals surface area contributed by atoms with E-state index in [0.29, 0.717) is 16.8 Å². The molecule has 0 bridgehead atoms. The number of rotatable bonds is 5. The van der Waals surface area contributed by atoms with Gasteiger partial charge in [0.2, 0.25) is 5.89 Å². The van der Waals surface area contributed by atoms with Crippen LogP contribution in [0.15, 0.2) is 59.0 Å². The quantitative estimate of drug-likeness (QED) is 0.750. The van der Waals surface area contributed by atoms with Crippen molar-refractivity contribution in [3.8, 4) is 11.5 Å². The number of halogens is 1. The topological polar surface area (TPSA) is 43.4 Å². The van der Waals surface area contributed by atoms with E-state index in [1.54, 1.807) is 0 Å². The van der Waals surface area contributed by atoms with Crippen molar-refractivity contribution in [2.24, 2.45) is 5.92 Å². The van der Waals surface area contributed by atoms with E-state index in [1.807, 2.05) is 24.3 Å². The molecule has 1 fully saturated rings. The summed E-state index contributed by atoms with van der Waals surface area (Å²) < 4.78 is 5.85. The minimum absolute atomic E-state index is 0.565. The fraction of sp³-hybridized carbons (Fsp3) is 0.333. The van der Waals surface area contributed by atoms with Gasteiger partial charge in [-0.1, -0.05) is 41.9 Å². The summed E-state index contributed by atoms with van der Waals surface area (Å²) in [5.74, 6) is 2.06.